The van der Waals surface area contributed by atoms with Crippen LogP contribution in [0.2, 0.25) is 0 Å². The van der Waals surface area contributed by atoms with Crippen LogP contribution in [0.25, 0.3) is 0 Å². The maximum absolute atomic E-state index is 11.9. The molecular weight excluding hydrogens is 280 g/mol. The van der Waals surface area contributed by atoms with Crippen molar-refractivity contribution in [2.24, 2.45) is 0 Å². The zero-order valence-electron chi connectivity index (χ0n) is 13.2. The van der Waals surface area contributed by atoms with Crippen LogP contribution in [0.1, 0.15) is 62.9 Å². The molecule has 22 heavy (non-hydrogen) atoms. The minimum atomic E-state index is -0.0218. The fraction of sp³-hybridized carbons (Fsp3) is 0.500. The highest BCUT2D eigenvalue weighted by Gasteiger charge is 2.12. The summed E-state index contributed by atoms with van der Waals surface area (Å²) in [6, 6.07) is 3.78. The van der Waals surface area contributed by atoms with Crippen molar-refractivity contribution in [1.29, 1.82) is 0 Å². The number of aromatic nitrogens is 3. The van der Waals surface area contributed by atoms with E-state index in [0.717, 1.165) is 5.56 Å². The molecule has 0 aliphatic rings. The van der Waals surface area contributed by atoms with E-state index in [1.165, 1.54) is 0 Å². The van der Waals surface area contributed by atoms with E-state index in [1.807, 2.05) is 32.9 Å². The Morgan fingerprint density at radius 2 is 2.00 bits per heavy atom. The first kappa shape index (κ1) is 16.1. The van der Waals surface area contributed by atoms with Gasteiger partial charge in [-0.1, -0.05) is 19.0 Å². The predicted molar refractivity (Wildman–Crippen MR) is 82.1 cm³/mol. The molecule has 1 atom stereocenters. The lowest BCUT2D eigenvalue weighted by atomic mass is 10.1. The Morgan fingerprint density at radius 1 is 1.27 bits per heavy atom. The average molecular weight is 302 g/mol. The fourth-order valence-electron chi connectivity index (χ4n) is 2.05. The van der Waals surface area contributed by atoms with Gasteiger partial charge in [0.05, 0.1) is 6.04 Å². The van der Waals surface area contributed by atoms with Crippen molar-refractivity contribution in [3.63, 3.8) is 0 Å². The van der Waals surface area contributed by atoms with E-state index < -0.39 is 0 Å². The molecule has 0 aliphatic carbocycles. The van der Waals surface area contributed by atoms with Crippen molar-refractivity contribution in [3.05, 3.63) is 41.8 Å². The second-order valence-corrected chi connectivity index (χ2v) is 5.62. The molecule has 0 saturated carbocycles. The molecule has 0 fully saturated rings. The SMILES string of the molecule is CC(C)c1noc(CCCC(=O)N[C@H](C)c2ccncc2)n1. The lowest BCUT2D eigenvalue weighted by Gasteiger charge is -2.13. The topological polar surface area (TPSA) is 80.9 Å². The molecule has 0 radical (unpaired) electrons. The number of carbonyl (C=O) groups is 1. The van der Waals surface area contributed by atoms with E-state index >= 15 is 0 Å². The predicted octanol–water partition coefficient (Wildman–Crippen LogP) is 2.79. The number of aryl methyl sites for hydroxylation is 1. The third-order valence-electron chi connectivity index (χ3n) is 3.38. The smallest absolute Gasteiger partial charge is 0.226 e. The molecule has 0 saturated heterocycles. The molecule has 6 nitrogen and oxygen atoms in total. The van der Waals surface area contributed by atoms with Crippen LogP contribution < -0.4 is 5.32 Å². The summed E-state index contributed by atoms with van der Waals surface area (Å²) in [7, 11) is 0. The van der Waals surface area contributed by atoms with Gasteiger partial charge in [-0.15, -0.1) is 0 Å². The molecule has 0 unspecified atom stereocenters. The number of nitrogens with one attached hydrogen (secondary N) is 1. The summed E-state index contributed by atoms with van der Waals surface area (Å²) in [4.78, 5) is 20.2. The second kappa shape index (κ2) is 7.68. The minimum Gasteiger partial charge on any atom is -0.350 e. The first-order valence-electron chi connectivity index (χ1n) is 7.58. The largest absolute Gasteiger partial charge is 0.350 e. The average Bonchev–Trinajstić information content (AvgIpc) is 2.97. The van der Waals surface area contributed by atoms with Gasteiger partial charge in [0.1, 0.15) is 0 Å². The van der Waals surface area contributed by atoms with Gasteiger partial charge in [-0.05, 0) is 31.0 Å². The monoisotopic (exact) mass is 302 g/mol. The van der Waals surface area contributed by atoms with E-state index in [4.69, 9.17) is 4.52 Å². The minimum absolute atomic E-state index is 0.0212. The molecular formula is C16H22N4O2. The molecule has 2 heterocycles. The normalized spacial score (nSPS) is 12.4. The summed E-state index contributed by atoms with van der Waals surface area (Å²) in [6.07, 6.45) is 5.19. The third-order valence-corrected chi connectivity index (χ3v) is 3.38. The Hall–Kier alpha value is -2.24. The van der Waals surface area contributed by atoms with Gasteiger partial charge in [-0.3, -0.25) is 9.78 Å². The first-order valence-corrected chi connectivity index (χ1v) is 7.58. The molecule has 1 N–H and O–H groups in total. The van der Waals surface area contributed by atoms with Crippen molar-refractivity contribution < 1.29 is 9.32 Å². The van der Waals surface area contributed by atoms with Crippen molar-refractivity contribution in [2.75, 3.05) is 0 Å². The van der Waals surface area contributed by atoms with Crippen LogP contribution in [0, 0.1) is 0 Å². The molecule has 0 spiro atoms. The summed E-state index contributed by atoms with van der Waals surface area (Å²) >= 11 is 0. The first-order chi connectivity index (χ1) is 10.6. The highest BCUT2D eigenvalue weighted by Crippen LogP contribution is 2.12. The summed E-state index contributed by atoms with van der Waals surface area (Å²) in [5, 5.41) is 6.88. The van der Waals surface area contributed by atoms with Crippen molar-refractivity contribution in [2.45, 2.75) is 52.0 Å². The van der Waals surface area contributed by atoms with Crippen molar-refractivity contribution in [3.8, 4) is 0 Å². The van der Waals surface area contributed by atoms with Crippen molar-refractivity contribution in [1.82, 2.24) is 20.4 Å². The molecule has 0 aromatic carbocycles. The van der Waals surface area contributed by atoms with Crippen LogP contribution in [0.3, 0.4) is 0 Å². The number of hydrogen-bond acceptors (Lipinski definition) is 5. The lowest BCUT2D eigenvalue weighted by molar-refractivity contribution is -0.121. The highest BCUT2D eigenvalue weighted by molar-refractivity contribution is 5.76. The summed E-state index contributed by atoms with van der Waals surface area (Å²) in [5.41, 5.74) is 1.04. The van der Waals surface area contributed by atoms with Crippen LogP contribution in [0.15, 0.2) is 29.0 Å². The van der Waals surface area contributed by atoms with Crippen LogP contribution in [0.4, 0.5) is 0 Å². The number of nitrogens with zero attached hydrogens (tertiary/aromatic N) is 3. The van der Waals surface area contributed by atoms with E-state index in [9.17, 15) is 4.79 Å². The Kier molecular flexibility index (Phi) is 5.63. The third kappa shape index (κ3) is 4.65. The van der Waals surface area contributed by atoms with Gasteiger partial charge in [-0.25, -0.2) is 0 Å². The number of carbonyl (C=O) groups excluding carboxylic acids is 1. The van der Waals surface area contributed by atoms with E-state index in [-0.39, 0.29) is 17.9 Å². The molecule has 2 aromatic heterocycles. The molecule has 1 amide bonds. The maximum atomic E-state index is 11.9. The maximum Gasteiger partial charge on any atom is 0.226 e. The van der Waals surface area contributed by atoms with Gasteiger partial charge in [0.2, 0.25) is 11.8 Å². The molecule has 6 heteroatoms. The van der Waals surface area contributed by atoms with Crippen LogP contribution in [0.5, 0.6) is 0 Å². The Morgan fingerprint density at radius 3 is 2.64 bits per heavy atom. The van der Waals surface area contributed by atoms with E-state index in [2.05, 4.69) is 20.4 Å². The molecule has 118 valence electrons. The number of hydrogen-bond donors (Lipinski definition) is 1. The van der Waals surface area contributed by atoms with Gasteiger partial charge < -0.3 is 9.84 Å². The van der Waals surface area contributed by atoms with Gasteiger partial charge in [0.25, 0.3) is 0 Å². The van der Waals surface area contributed by atoms with Crippen molar-refractivity contribution >= 4 is 5.91 Å². The molecule has 0 bridgehead atoms. The Balaban J connectivity index is 1.73. The second-order valence-electron chi connectivity index (χ2n) is 5.62. The Bertz CT molecular complexity index is 595. The molecule has 2 aromatic rings. The van der Waals surface area contributed by atoms with Gasteiger partial charge in [0.15, 0.2) is 5.82 Å². The fourth-order valence-corrected chi connectivity index (χ4v) is 2.05. The van der Waals surface area contributed by atoms with Crippen LogP contribution >= 0.6 is 0 Å². The zero-order chi connectivity index (χ0) is 15.9. The number of rotatable bonds is 7. The highest BCUT2D eigenvalue weighted by atomic mass is 16.5. The molecule has 0 aliphatic heterocycles. The van der Waals surface area contributed by atoms with E-state index in [0.29, 0.717) is 31.0 Å². The number of pyridine rings is 1. The van der Waals surface area contributed by atoms with E-state index in [1.54, 1.807) is 12.4 Å². The Labute approximate surface area is 130 Å². The van der Waals surface area contributed by atoms with Gasteiger partial charge in [0, 0.05) is 31.2 Å². The molecule has 2 rings (SSSR count). The van der Waals surface area contributed by atoms with Gasteiger partial charge >= 0.3 is 0 Å². The summed E-state index contributed by atoms with van der Waals surface area (Å²) in [6.45, 7) is 5.99. The van der Waals surface area contributed by atoms with Gasteiger partial charge in [-0.2, -0.15) is 4.98 Å². The lowest BCUT2D eigenvalue weighted by Crippen LogP contribution is -2.26. The summed E-state index contributed by atoms with van der Waals surface area (Å²) < 4.78 is 5.16. The van der Waals surface area contributed by atoms with Crippen LogP contribution in [-0.4, -0.2) is 21.0 Å². The quantitative estimate of drug-likeness (QED) is 0.850. The zero-order valence-corrected chi connectivity index (χ0v) is 13.2. The standard InChI is InChI=1S/C16H22N4O2/c1-11(2)16-19-15(22-20-16)6-4-5-14(21)18-12(3)13-7-9-17-10-8-13/h7-12H,4-6H2,1-3H3,(H,18,21)/t12-/m1/s1. The van der Waals surface area contributed by atoms with Crippen LogP contribution in [-0.2, 0) is 11.2 Å². The summed E-state index contributed by atoms with van der Waals surface area (Å²) in [5.74, 6) is 1.58. The number of amides is 1.